The topological polar surface area (TPSA) is 85.4 Å². The van der Waals surface area contributed by atoms with Gasteiger partial charge in [-0.3, -0.25) is 0 Å². The lowest BCUT2D eigenvalue weighted by Gasteiger charge is -2.31. The Balaban J connectivity index is 2.01. The van der Waals surface area contributed by atoms with Crippen LogP contribution in [0.25, 0.3) is 0 Å². The van der Waals surface area contributed by atoms with E-state index in [0.717, 1.165) is 12.8 Å². The van der Waals surface area contributed by atoms with Crippen LogP contribution in [0.1, 0.15) is 40.5 Å². The fraction of sp³-hybridized carbons (Fsp3) is 0.600. The van der Waals surface area contributed by atoms with E-state index in [-0.39, 0.29) is 17.3 Å². The minimum Gasteiger partial charge on any atom is -0.455 e. The molecule has 0 radical (unpaired) electrons. The van der Waals surface area contributed by atoms with Gasteiger partial charge in [0, 0.05) is 11.1 Å². The monoisotopic (exact) mass is 362 g/mol. The van der Waals surface area contributed by atoms with Gasteiger partial charge in [0.05, 0.1) is 11.5 Å². The molecule has 2 fully saturated rings. The highest BCUT2D eigenvalue weighted by molar-refractivity contribution is 5.92. The highest BCUT2D eigenvalue weighted by atomic mass is 16.6. The van der Waals surface area contributed by atoms with Crippen LogP contribution in [0.3, 0.4) is 0 Å². The predicted octanol–water partition coefficient (Wildman–Crippen LogP) is 2.22. The van der Waals surface area contributed by atoms with Gasteiger partial charge in [-0.1, -0.05) is 18.7 Å². The summed E-state index contributed by atoms with van der Waals surface area (Å²) in [6.45, 7) is 11.0. The number of esters is 2. The standard InChI is InChI=1S/C20H26O6/c1-6-10(2)18(22)24-15-13-12(4)19(23)25-16(13)17-20(5,26-17)9-7-8-11(3)14(15)21/h6,8,13-17,21H,4,7,9H2,1-3,5H3/b10-6-,11-8+/t13-,14+,15+,16+,17+,20-/m0/s1. The van der Waals surface area contributed by atoms with E-state index in [0.29, 0.717) is 11.1 Å². The second-order valence-electron chi connectivity index (χ2n) is 7.55. The van der Waals surface area contributed by atoms with Gasteiger partial charge in [-0.05, 0) is 46.1 Å². The second-order valence-corrected chi connectivity index (χ2v) is 7.55. The molecule has 3 rings (SSSR count). The Morgan fingerprint density at radius 1 is 1.50 bits per heavy atom. The Bertz CT molecular complexity index is 705. The molecule has 1 N–H and O–H groups in total. The summed E-state index contributed by atoms with van der Waals surface area (Å²) < 4.78 is 17.0. The Kier molecular flexibility index (Phi) is 4.84. The number of carbonyl (C=O) groups is 2. The van der Waals surface area contributed by atoms with E-state index >= 15 is 0 Å². The lowest BCUT2D eigenvalue weighted by Crippen LogP contribution is -2.45. The molecule has 0 spiro atoms. The molecule has 3 aliphatic rings. The number of hydrogen-bond donors (Lipinski definition) is 1. The van der Waals surface area contributed by atoms with Crippen LogP contribution in [-0.2, 0) is 23.8 Å². The van der Waals surface area contributed by atoms with Crippen molar-refractivity contribution in [3.8, 4) is 0 Å². The maximum atomic E-state index is 12.4. The molecule has 0 unspecified atom stereocenters. The third kappa shape index (κ3) is 3.12. The van der Waals surface area contributed by atoms with E-state index in [1.807, 2.05) is 13.0 Å². The number of carbonyl (C=O) groups excluding carboxylic acids is 2. The maximum Gasteiger partial charge on any atom is 0.334 e. The van der Waals surface area contributed by atoms with Gasteiger partial charge in [0.25, 0.3) is 0 Å². The fourth-order valence-corrected chi connectivity index (χ4v) is 3.75. The Morgan fingerprint density at radius 2 is 2.19 bits per heavy atom. The van der Waals surface area contributed by atoms with Gasteiger partial charge >= 0.3 is 11.9 Å². The van der Waals surface area contributed by atoms with Gasteiger partial charge < -0.3 is 19.3 Å². The molecule has 6 atom stereocenters. The zero-order valence-corrected chi connectivity index (χ0v) is 15.7. The fourth-order valence-electron chi connectivity index (χ4n) is 3.75. The first-order valence-electron chi connectivity index (χ1n) is 8.96. The molecule has 2 saturated heterocycles. The molecule has 2 aliphatic heterocycles. The first-order chi connectivity index (χ1) is 12.2. The molecule has 0 aromatic heterocycles. The number of hydrogen-bond acceptors (Lipinski definition) is 6. The molecule has 0 amide bonds. The summed E-state index contributed by atoms with van der Waals surface area (Å²) >= 11 is 0. The molecule has 26 heavy (non-hydrogen) atoms. The lowest BCUT2D eigenvalue weighted by molar-refractivity contribution is -0.154. The van der Waals surface area contributed by atoms with Crippen molar-refractivity contribution in [3.05, 3.63) is 35.5 Å². The van der Waals surface area contributed by atoms with Crippen molar-refractivity contribution in [3.63, 3.8) is 0 Å². The summed E-state index contributed by atoms with van der Waals surface area (Å²) in [6.07, 6.45) is 2.12. The van der Waals surface area contributed by atoms with Crippen molar-refractivity contribution in [1.29, 1.82) is 0 Å². The van der Waals surface area contributed by atoms with Crippen LogP contribution >= 0.6 is 0 Å². The molecular weight excluding hydrogens is 336 g/mol. The Morgan fingerprint density at radius 3 is 2.85 bits per heavy atom. The quantitative estimate of drug-likeness (QED) is 0.351. The van der Waals surface area contributed by atoms with Crippen molar-refractivity contribution in [1.82, 2.24) is 0 Å². The Labute approximate surface area is 153 Å². The zero-order valence-electron chi connectivity index (χ0n) is 15.7. The van der Waals surface area contributed by atoms with Crippen LogP contribution in [0, 0.1) is 5.92 Å². The highest BCUT2D eigenvalue weighted by Gasteiger charge is 2.64. The number of rotatable bonds is 2. The highest BCUT2D eigenvalue weighted by Crippen LogP contribution is 2.50. The maximum absolute atomic E-state index is 12.4. The molecule has 6 heteroatoms. The number of aliphatic hydroxyl groups is 1. The molecule has 0 aromatic carbocycles. The van der Waals surface area contributed by atoms with Crippen LogP contribution in [-0.4, -0.2) is 47.1 Å². The van der Waals surface area contributed by atoms with E-state index in [2.05, 4.69) is 6.58 Å². The number of allylic oxidation sites excluding steroid dienone is 2. The first-order valence-corrected chi connectivity index (χ1v) is 8.96. The summed E-state index contributed by atoms with van der Waals surface area (Å²) in [7, 11) is 0. The number of ether oxygens (including phenoxy) is 3. The molecule has 0 bridgehead atoms. The molecule has 142 valence electrons. The molecule has 0 saturated carbocycles. The van der Waals surface area contributed by atoms with Crippen molar-refractivity contribution in [2.24, 2.45) is 5.92 Å². The van der Waals surface area contributed by atoms with Crippen molar-refractivity contribution >= 4 is 11.9 Å². The third-order valence-electron chi connectivity index (χ3n) is 5.74. The summed E-state index contributed by atoms with van der Waals surface area (Å²) in [6, 6.07) is 0. The lowest BCUT2D eigenvalue weighted by atomic mass is 9.81. The Hall–Kier alpha value is -1.92. The van der Waals surface area contributed by atoms with Crippen LogP contribution in [0.15, 0.2) is 35.5 Å². The van der Waals surface area contributed by atoms with Crippen LogP contribution in [0.2, 0.25) is 0 Å². The molecule has 6 nitrogen and oxygen atoms in total. The van der Waals surface area contributed by atoms with Gasteiger partial charge in [-0.25, -0.2) is 9.59 Å². The third-order valence-corrected chi connectivity index (χ3v) is 5.74. The zero-order chi connectivity index (χ0) is 19.2. The van der Waals surface area contributed by atoms with Crippen molar-refractivity contribution in [2.45, 2.75) is 70.6 Å². The summed E-state index contributed by atoms with van der Waals surface area (Å²) in [5, 5.41) is 10.9. The van der Waals surface area contributed by atoms with Crippen LogP contribution in [0.4, 0.5) is 0 Å². The normalized spacial score (nSPS) is 42.1. The largest absolute Gasteiger partial charge is 0.455 e. The van der Waals surface area contributed by atoms with Crippen molar-refractivity contribution < 1.29 is 28.9 Å². The molecule has 1 aliphatic carbocycles. The van der Waals surface area contributed by atoms with E-state index in [1.54, 1.807) is 26.8 Å². The minimum atomic E-state index is -1.05. The average Bonchev–Trinajstić information content (AvgIpc) is 3.19. The van der Waals surface area contributed by atoms with Gasteiger partial charge in [0.1, 0.15) is 24.4 Å². The van der Waals surface area contributed by atoms with Gasteiger partial charge in [-0.15, -0.1) is 0 Å². The summed E-state index contributed by atoms with van der Waals surface area (Å²) in [5.74, 6) is -1.72. The molecule has 2 heterocycles. The number of aliphatic hydroxyl groups excluding tert-OH is 1. The van der Waals surface area contributed by atoms with Crippen molar-refractivity contribution in [2.75, 3.05) is 0 Å². The molecule has 0 aromatic rings. The molecular formula is C20H26O6. The minimum absolute atomic E-state index is 0.205. The van der Waals surface area contributed by atoms with E-state index in [1.165, 1.54) is 0 Å². The second kappa shape index (κ2) is 6.67. The van der Waals surface area contributed by atoms with Gasteiger partial charge in [0.15, 0.2) is 0 Å². The summed E-state index contributed by atoms with van der Waals surface area (Å²) in [5.41, 5.74) is 0.933. The van der Waals surface area contributed by atoms with Crippen LogP contribution in [0.5, 0.6) is 0 Å². The average molecular weight is 362 g/mol. The summed E-state index contributed by atoms with van der Waals surface area (Å²) in [4.78, 5) is 24.6. The number of fused-ring (bicyclic) bond motifs is 3. The van der Waals surface area contributed by atoms with Gasteiger partial charge in [-0.2, -0.15) is 0 Å². The van der Waals surface area contributed by atoms with E-state index in [4.69, 9.17) is 14.2 Å². The van der Waals surface area contributed by atoms with E-state index in [9.17, 15) is 14.7 Å². The smallest absolute Gasteiger partial charge is 0.334 e. The SMILES string of the molecule is C=C1C(=O)O[C@@H]2[C@@H]1[C@@H](OC(=O)/C(C)=C\C)[C@H](O)/C(C)=C/CC[C@]1(C)O[C@H]21. The van der Waals surface area contributed by atoms with Gasteiger partial charge in [0.2, 0.25) is 0 Å². The number of epoxide rings is 1. The first kappa shape index (κ1) is 18.9. The predicted molar refractivity (Wildman–Crippen MR) is 94.1 cm³/mol. The van der Waals surface area contributed by atoms with Crippen LogP contribution < -0.4 is 0 Å². The van der Waals surface area contributed by atoms with E-state index < -0.39 is 36.2 Å².